The Kier molecular flexibility index (Phi) is 3.57. The number of fused-ring (bicyclic) bond motifs is 2. The van der Waals surface area contributed by atoms with Crippen molar-refractivity contribution in [1.82, 2.24) is 0 Å². The van der Waals surface area contributed by atoms with Crippen LogP contribution in [0.5, 0.6) is 11.5 Å². The third-order valence-electron chi connectivity index (χ3n) is 4.16. The zero-order valence-electron chi connectivity index (χ0n) is 13.4. The molecule has 1 N–H and O–H groups in total. The molecule has 0 saturated heterocycles. The van der Waals surface area contributed by atoms with Crippen LogP contribution in [0.25, 0.3) is 0 Å². The molecule has 2 aromatic rings. The van der Waals surface area contributed by atoms with Crippen molar-refractivity contribution in [1.29, 1.82) is 0 Å². The average molecular weight is 360 g/mol. The third-order valence-corrected chi connectivity index (χ3v) is 5.96. The molecule has 1 amide bonds. The van der Waals surface area contributed by atoms with Gasteiger partial charge in [0.1, 0.15) is 18.1 Å². The Morgan fingerprint density at radius 3 is 2.80 bits per heavy atom. The van der Waals surface area contributed by atoms with Gasteiger partial charge in [-0.25, -0.2) is 8.42 Å². The maximum Gasteiger partial charge on any atom is 0.265 e. The Labute approximate surface area is 145 Å². The van der Waals surface area contributed by atoms with E-state index in [1.54, 1.807) is 37.3 Å². The fraction of sp³-hybridized carbons (Fsp3) is 0.235. The molecule has 130 valence electrons. The number of benzene rings is 2. The standard InChI is InChI=1S/C17H16N2O5S/c1-11-17(20)18-13-10-12(6-7-15(13)24-11)25(21,22)19-8-9-23-16-5-3-2-4-14(16)19/h2-7,10-11H,8-9H2,1H3,(H,18,20)/t11-/m1/s1. The van der Waals surface area contributed by atoms with Gasteiger partial charge in [0, 0.05) is 0 Å². The summed E-state index contributed by atoms with van der Waals surface area (Å²) in [5, 5.41) is 2.67. The first-order valence-corrected chi connectivity index (χ1v) is 9.27. The number of amides is 1. The summed E-state index contributed by atoms with van der Waals surface area (Å²) >= 11 is 0. The van der Waals surface area contributed by atoms with Crippen LogP contribution in [0.15, 0.2) is 47.4 Å². The van der Waals surface area contributed by atoms with Crippen molar-refractivity contribution in [3.05, 3.63) is 42.5 Å². The van der Waals surface area contributed by atoms with Gasteiger partial charge in [0.2, 0.25) is 0 Å². The lowest BCUT2D eigenvalue weighted by molar-refractivity contribution is -0.122. The lowest BCUT2D eigenvalue weighted by Gasteiger charge is -2.31. The van der Waals surface area contributed by atoms with Crippen LogP contribution >= 0.6 is 0 Å². The molecule has 4 rings (SSSR count). The summed E-state index contributed by atoms with van der Waals surface area (Å²) in [6, 6.07) is 11.5. The lowest BCUT2D eigenvalue weighted by atomic mass is 10.2. The molecule has 0 spiro atoms. The Morgan fingerprint density at radius 2 is 1.96 bits per heavy atom. The number of para-hydroxylation sites is 2. The molecule has 0 aliphatic carbocycles. The summed E-state index contributed by atoms with van der Waals surface area (Å²) in [5.41, 5.74) is 0.853. The van der Waals surface area contributed by atoms with Crippen molar-refractivity contribution >= 4 is 27.3 Å². The van der Waals surface area contributed by atoms with Gasteiger partial charge in [0.25, 0.3) is 15.9 Å². The lowest BCUT2D eigenvalue weighted by Crippen LogP contribution is -2.38. The first kappa shape index (κ1) is 15.8. The van der Waals surface area contributed by atoms with E-state index in [-0.39, 0.29) is 24.0 Å². The third kappa shape index (κ3) is 2.58. The first-order chi connectivity index (χ1) is 12.0. The van der Waals surface area contributed by atoms with E-state index in [2.05, 4.69) is 5.32 Å². The Bertz CT molecular complexity index is 957. The van der Waals surface area contributed by atoms with Gasteiger partial charge in [0.15, 0.2) is 6.10 Å². The number of sulfonamides is 1. The minimum atomic E-state index is -3.79. The van der Waals surface area contributed by atoms with E-state index in [0.717, 1.165) is 0 Å². The van der Waals surface area contributed by atoms with Crippen LogP contribution in [0.4, 0.5) is 11.4 Å². The molecule has 0 saturated carbocycles. The van der Waals surface area contributed by atoms with E-state index in [1.165, 1.54) is 16.4 Å². The van der Waals surface area contributed by atoms with Gasteiger partial charge in [-0.1, -0.05) is 12.1 Å². The first-order valence-electron chi connectivity index (χ1n) is 7.83. The number of hydrogen-bond acceptors (Lipinski definition) is 5. The maximum absolute atomic E-state index is 13.1. The summed E-state index contributed by atoms with van der Waals surface area (Å²) in [5.74, 6) is 0.674. The monoisotopic (exact) mass is 360 g/mol. The van der Waals surface area contributed by atoms with Gasteiger partial charge in [-0.2, -0.15) is 0 Å². The van der Waals surface area contributed by atoms with Gasteiger partial charge < -0.3 is 14.8 Å². The highest BCUT2D eigenvalue weighted by molar-refractivity contribution is 7.92. The second-order valence-electron chi connectivity index (χ2n) is 5.80. The summed E-state index contributed by atoms with van der Waals surface area (Å²) in [7, 11) is -3.79. The SMILES string of the molecule is C[C@H]1Oc2ccc(S(=O)(=O)N3CCOc4ccccc43)cc2NC1=O. The Hall–Kier alpha value is -2.74. The molecule has 1 atom stereocenters. The van der Waals surface area contributed by atoms with Crippen molar-refractivity contribution < 1.29 is 22.7 Å². The summed E-state index contributed by atoms with van der Waals surface area (Å²) < 4.78 is 38.5. The molecule has 0 fully saturated rings. The van der Waals surface area contributed by atoms with Crippen molar-refractivity contribution in [3.8, 4) is 11.5 Å². The molecule has 2 aromatic carbocycles. The summed E-state index contributed by atoms with van der Waals surface area (Å²) in [6.07, 6.45) is -0.610. The van der Waals surface area contributed by atoms with Gasteiger partial charge in [0.05, 0.1) is 22.8 Å². The van der Waals surface area contributed by atoms with Gasteiger partial charge in [-0.3, -0.25) is 9.10 Å². The largest absolute Gasteiger partial charge is 0.489 e. The molecule has 2 aliphatic heterocycles. The van der Waals surface area contributed by atoms with Gasteiger partial charge in [-0.05, 0) is 37.3 Å². The van der Waals surface area contributed by atoms with Crippen LogP contribution in [0.1, 0.15) is 6.92 Å². The van der Waals surface area contributed by atoms with E-state index in [0.29, 0.717) is 22.9 Å². The van der Waals surface area contributed by atoms with Crippen LogP contribution in [-0.4, -0.2) is 33.6 Å². The zero-order valence-corrected chi connectivity index (χ0v) is 14.2. The molecule has 8 heteroatoms. The molecular weight excluding hydrogens is 344 g/mol. The molecule has 0 bridgehead atoms. The minimum Gasteiger partial charge on any atom is -0.489 e. The summed E-state index contributed by atoms with van der Waals surface area (Å²) in [6.45, 7) is 2.13. The van der Waals surface area contributed by atoms with E-state index in [1.807, 2.05) is 0 Å². The number of ether oxygens (including phenoxy) is 2. The highest BCUT2D eigenvalue weighted by Crippen LogP contribution is 2.37. The number of carbonyl (C=O) groups is 1. The molecule has 2 heterocycles. The fourth-order valence-corrected chi connectivity index (χ4v) is 4.36. The second-order valence-corrected chi connectivity index (χ2v) is 7.66. The van der Waals surface area contributed by atoms with Crippen LogP contribution in [0.2, 0.25) is 0 Å². The highest BCUT2D eigenvalue weighted by Gasteiger charge is 2.32. The summed E-state index contributed by atoms with van der Waals surface area (Å²) in [4.78, 5) is 11.9. The van der Waals surface area contributed by atoms with E-state index in [4.69, 9.17) is 9.47 Å². The number of nitrogens with zero attached hydrogens (tertiary/aromatic N) is 1. The molecule has 7 nitrogen and oxygen atoms in total. The molecule has 0 unspecified atom stereocenters. The fourth-order valence-electron chi connectivity index (χ4n) is 2.87. The molecular formula is C17H16N2O5S. The van der Waals surface area contributed by atoms with Gasteiger partial charge >= 0.3 is 0 Å². The molecule has 0 aromatic heterocycles. The van der Waals surface area contributed by atoms with Crippen LogP contribution < -0.4 is 19.1 Å². The smallest absolute Gasteiger partial charge is 0.265 e. The van der Waals surface area contributed by atoms with E-state index < -0.39 is 16.1 Å². The Morgan fingerprint density at radius 1 is 1.16 bits per heavy atom. The van der Waals surface area contributed by atoms with Crippen molar-refractivity contribution in [2.24, 2.45) is 0 Å². The molecule has 2 aliphatic rings. The van der Waals surface area contributed by atoms with Crippen LogP contribution in [-0.2, 0) is 14.8 Å². The average Bonchev–Trinajstić information content (AvgIpc) is 2.61. The number of carbonyl (C=O) groups excluding carboxylic acids is 1. The zero-order chi connectivity index (χ0) is 17.6. The normalized spacial score (nSPS) is 19.2. The topological polar surface area (TPSA) is 84.9 Å². The predicted molar refractivity (Wildman–Crippen MR) is 91.6 cm³/mol. The Balaban J connectivity index is 1.75. The number of hydrogen-bond donors (Lipinski definition) is 1. The number of nitrogens with one attached hydrogen (secondary N) is 1. The maximum atomic E-state index is 13.1. The quantitative estimate of drug-likeness (QED) is 0.885. The predicted octanol–water partition coefficient (Wildman–Crippen LogP) is 1.99. The molecule has 0 radical (unpaired) electrons. The van der Waals surface area contributed by atoms with Crippen molar-refractivity contribution in [2.45, 2.75) is 17.9 Å². The van der Waals surface area contributed by atoms with Crippen molar-refractivity contribution in [2.75, 3.05) is 22.8 Å². The van der Waals surface area contributed by atoms with E-state index in [9.17, 15) is 13.2 Å². The number of rotatable bonds is 2. The number of anilines is 2. The van der Waals surface area contributed by atoms with Crippen molar-refractivity contribution in [3.63, 3.8) is 0 Å². The minimum absolute atomic E-state index is 0.0846. The van der Waals surface area contributed by atoms with Gasteiger partial charge in [-0.15, -0.1) is 0 Å². The molecule has 25 heavy (non-hydrogen) atoms. The second kappa shape index (κ2) is 5.66. The van der Waals surface area contributed by atoms with E-state index >= 15 is 0 Å². The van der Waals surface area contributed by atoms with Crippen LogP contribution in [0.3, 0.4) is 0 Å². The highest BCUT2D eigenvalue weighted by atomic mass is 32.2. The van der Waals surface area contributed by atoms with Crippen LogP contribution in [0, 0.1) is 0 Å².